The lowest BCUT2D eigenvalue weighted by molar-refractivity contribution is 0.0518. The highest BCUT2D eigenvalue weighted by atomic mass is 16.6. The summed E-state index contributed by atoms with van der Waals surface area (Å²) in [6.07, 6.45) is 1.09. The number of fused-ring (bicyclic) bond motifs is 1. The Morgan fingerprint density at radius 2 is 2.00 bits per heavy atom. The van der Waals surface area contributed by atoms with E-state index in [-0.39, 0.29) is 6.54 Å². The van der Waals surface area contributed by atoms with Gasteiger partial charge in [-0.2, -0.15) is 0 Å². The fourth-order valence-electron chi connectivity index (χ4n) is 2.49. The quantitative estimate of drug-likeness (QED) is 0.841. The van der Waals surface area contributed by atoms with Crippen molar-refractivity contribution >= 4 is 29.1 Å². The van der Waals surface area contributed by atoms with Crippen molar-refractivity contribution in [3.8, 4) is 0 Å². The maximum absolute atomic E-state index is 12.0. The molecule has 0 fully saturated rings. The highest BCUT2D eigenvalue weighted by Gasteiger charge is 2.21. The molecule has 0 saturated carbocycles. The van der Waals surface area contributed by atoms with Crippen molar-refractivity contribution in [2.24, 2.45) is 0 Å². The molecule has 0 aliphatic carbocycles. The predicted molar refractivity (Wildman–Crippen MR) is 95.5 cm³/mol. The molecule has 0 saturated heterocycles. The Bertz CT molecular complexity index is 826. The second kappa shape index (κ2) is 7.01. The van der Waals surface area contributed by atoms with E-state index >= 15 is 0 Å². The summed E-state index contributed by atoms with van der Waals surface area (Å²) in [7, 11) is 1.32. The van der Waals surface area contributed by atoms with E-state index in [9.17, 15) is 9.59 Å². The van der Waals surface area contributed by atoms with Crippen molar-refractivity contribution in [1.82, 2.24) is 5.32 Å². The molecule has 0 aliphatic rings. The second-order valence-corrected chi connectivity index (χ2v) is 6.68. The van der Waals surface area contributed by atoms with Crippen molar-refractivity contribution in [1.29, 1.82) is 0 Å². The minimum atomic E-state index is -0.589. The van der Waals surface area contributed by atoms with Crippen LogP contribution < -0.4 is 5.32 Å². The maximum Gasteiger partial charge on any atom is 0.408 e. The topological polar surface area (TPSA) is 77.8 Å². The van der Waals surface area contributed by atoms with Crippen LogP contribution in [-0.2, 0) is 16.0 Å². The molecule has 0 bridgehead atoms. The fourth-order valence-corrected chi connectivity index (χ4v) is 2.49. The Balaban J connectivity index is 2.39. The summed E-state index contributed by atoms with van der Waals surface area (Å²) < 4.78 is 15.9. The first-order valence-electron chi connectivity index (χ1n) is 7.90. The Hall–Kier alpha value is -2.76. The zero-order valence-electron chi connectivity index (χ0n) is 15.2. The molecule has 1 aromatic heterocycles. The number of methoxy groups -OCH3 is 1. The number of hydrogen-bond donors (Lipinski definition) is 1. The molecule has 0 atom stereocenters. The van der Waals surface area contributed by atoms with Crippen molar-refractivity contribution in [2.75, 3.05) is 7.11 Å². The van der Waals surface area contributed by atoms with Crippen LogP contribution in [0.25, 0.3) is 17.0 Å². The SMILES string of the molecule is C=Cc1c(CNC(=O)OC(C)(C)C)oc2c(C(=O)OC)cc(C)cc12. The van der Waals surface area contributed by atoms with Gasteiger partial charge < -0.3 is 19.2 Å². The van der Waals surface area contributed by atoms with E-state index in [0.717, 1.165) is 16.5 Å². The highest BCUT2D eigenvalue weighted by molar-refractivity contribution is 6.04. The van der Waals surface area contributed by atoms with Gasteiger partial charge in [-0.1, -0.05) is 12.7 Å². The van der Waals surface area contributed by atoms with Gasteiger partial charge in [-0.25, -0.2) is 9.59 Å². The minimum absolute atomic E-state index is 0.116. The molecule has 1 N–H and O–H groups in total. The van der Waals surface area contributed by atoms with E-state index in [1.165, 1.54) is 7.11 Å². The first-order chi connectivity index (χ1) is 11.7. The molecule has 134 valence electrons. The van der Waals surface area contributed by atoms with E-state index in [4.69, 9.17) is 13.9 Å². The lowest BCUT2D eigenvalue weighted by Gasteiger charge is -2.19. The number of amides is 1. The molecular formula is C19H23NO5. The Kier molecular flexibility index (Phi) is 5.21. The van der Waals surface area contributed by atoms with Gasteiger partial charge in [-0.3, -0.25) is 0 Å². The van der Waals surface area contributed by atoms with Crippen LogP contribution in [0.1, 0.15) is 48.0 Å². The van der Waals surface area contributed by atoms with Gasteiger partial charge in [0.05, 0.1) is 13.7 Å². The normalized spacial score (nSPS) is 11.2. The molecule has 1 amide bonds. The minimum Gasteiger partial charge on any atom is -0.465 e. The molecule has 1 heterocycles. The summed E-state index contributed by atoms with van der Waals surface area (Å²) in [4.78, 5) is 23.9. The molecule has 0 radical (unpaired) electrons. The van der Waals surface area contributed by atoms with E-state index < -0.39 is 17.7 Å². The summed E-state index contributed by atoms with van der Waals surface area (Å²) in [6.45, 7) is 11.2. The predicted octanol–water partition coefficient (Wildman–Crippen LogP) is 4.20. The van der Waals surface area contributed by atoms with Crippen LogP contribution in [0.2, 0.25) is 0 Å². The summed E-state index contributed by atoms with van der Waals surface area (Å²) >= 11 is 0. The number of carbonyl (C=O) groups excluding carboxylic acids is 2. The molecule has 0 spiro atoms. The summed E-state index contributed by atoms with van der Waals surface area (Å²) in [5.41, 5.74) is 1.77. The number of alkyl carbamates (subject to hydrolysis) is 1. The number of ether oxygens (including phenoxy) is 2. The lowest BCUT2D eigenvalue weighted by atomic mass is 10.0. The largest absolute Gasteiger partial charge is 0.465 e. The second-order valence-electron chi connectivity index (χ2n) is 6.68. The van der Waals surface area contributed by atoms with Gasteiger partial charge >= 0.3 is 12.1 Å². The Morgan fingerprint density at radius 1 is 1.32 bits per heavy atom. The van der Waals surface area contributed by atoms with E-state index in [2.05, 4.69) is 11.9 Å². The number of esters is 1. The molecule has 1 aromatic carbocycles. The third-order valence-corrected chi connectivity index (χ3v) is 3.45. The van der Waals surface area contributed by atoms with Gasteiger partial charge in [0.1, 0.15) is 22.5 Å². The molecule has 0 unspecified atom stereocenters. The van der Waals surface area contributed by atoms with Crippen LogP contribution in [0.5, 0.6) is 0 Å². The van der Waals surface area contributed by atoms with Crippen LogP contribution in [-0.4, -0.2) is 24.8 Å². The van der Waals surface area contributed by atoms with Gasteiger partial charge in [-0.15, -0.1) is 0 Å². The summed E-state index contributed by atoms with van der Waals surface area (Å²) in [6, 6.07) is 3.61. The van der Waals surface area contributed by atoms with Gasteiger partial charge in [0, 0.05) is 10.9 Å². The molecule has 6 nitrogen and oxygen atoms in total. The standard InChI is InChI=1S/C19H23NO5/c1-7-12-13-8-11(2)9-14(17(21)23-6)16(13)24-15(12)10-20-18(22)25-19(3,4)5/h7-9H,1,10H2,2-6H3,(H,20,22). The average molecular weight is 345 g/mol. The highest BCUT2D eigenvalue weighted by Crippen LogP contribution is 2.31. The smallest absolute Gasteiger partial charge is 0.408 e. The third kappa shape index (κ3) is 4.21. The molecule has 25 heavy (non-hydrogen) atoms. The van der Waals surface area contributed by atoms with Gasteiger partial charge in [0.2, 0.25) is 0 Å². The van der Waals surface area contributed by atoms with Gasteiger partial charge in [-0.05, 0) is 45.4 Å². The maximum atomic E-state index is 12.0. The van der Waals surface area contributed by atoms with Crippen LogP contribution in [0.4, 0.5) is 4.79 Å². The third-order valence-electron chi connectivity index (χ3n) is 3.45. The van der Waals surface area contributed by atoms with Crippen molar-refractivity contribution in [3.63, 3.8) is 0 Å². The van der Waals surface area contributed by atoms with Crippen LogP contribution in [0.15, 0.2) is 23.1 Å². The summed E-state index contributed by atoms with van der Waals surface area (Å²) in [5, 5.41) is 3.40. The summed E-state index contributed by atoms with van der Waals surface area (Å²) in [5.74, 6) is 0.0105. The first kappa shape index (κ1) is 18.6. The number of nitrogens with one attached hydrogen (secondary N) is 1. The number of benzene rings is 1. The zero-order chi connectivity index (χ0) is 18.8. The fraction of sp³-hybridized carbons (Fsp3) is 0.368. The molecular weight excluding hydrogens is 322 g/mol. The Morgan fingerprint density at radius 3 is 2.56 bits per heavy atom. The van der Waals surface area contributed by atoms with E-state index in [1.54, 1.807) is 32.9 Å². The molecule has 2 aromatic rings. The first-order valence-corrected chi connectivity index (χ1v) is 7.90. The van der Waals surface area contributed by atoms with Gasteiger partial charge in [0.15, 0.2) is 0 Å². The van der Waals surface area contributed by atoms with Crippen molar-refractivity contribution in [2.45, 2.75) is 39.8 Å². The van der Waals surface area contributed by atoms with Gasteiger partial charge in [0.25, 0.3) is 0 Å². The number of furan rings is 1. The lowest BCUT2D eigenvalue weighted by Crippen LogP contribution is -2.32. The number of aryl methyl sites for hydroxylation is 1. The van der Waals surface area contributed by atoms with Crippen molar-refractivity contribution < 1.29 is 23.5 Å². The zero-order valence-corrected chi connectivity index (χ0v) is 15.2. The van der Waals surface area contributed by atoms with E-state index in [1.807, 2.05) is 13.0 Å². The monoisotopic (exact) mass is 345 g/mol. The number of rotatable bonds is 4. The average Bonchev–Trinajstić information content (AvgIpc) is 2.87. The molecule has 2 rings (SSSR count). The Labute approximate surface area is 146 Å². The van der Waals surface area contributed by atoms with Crippen LogP contribution in [0, 0.1) is 6.92 Å². The molecule has 6 heteroatoms. The van der Waals surface area contributed by atoms with Crippen LogP contribution >= 0.6 is 0 Å². The van der Waals surface area contributed by atoms with Crippen LogP contribution in [0.3, 0.4) is 0 Å². The number of hydrogen-bond acceptors (Lipinski definition) is 5. The van der Waals surface area contributed by atoms with Crippen molar-refractivity contribution in [3.05, 3.63) is 41.2 Å². The van der Waals surface area contributed by atoms with E-state index in [0.29, 0.717) is 16.9 Å². The molecule has 0 aliphatic heterocycles. The number of carbonyl (C=O) groups is 2.